The molecular weight excluding hydrogens is 330 g/mol. The summed E-state index contributed by atoms with van der Waals surface area (Å²) in [4.78, 5) is 22.6. The highest BCUT2D eigenvalue weighted by Gasteiger charge is 2.08. The lowest BCUT2D eigenvalue weighted by molar-refractivity contribution is 0.209. The van der Waals surface area contributed by atoms with E-state index in [2.05, 4.69) is 16.0 Å². The van der Waals surface area contributed by atoms with Crippen LogP contribution < -0.4 is 16.0 Å². The van der Waals surface area contributed by atoms with Crippen LogP contribution in [-0.4, -0.2) is 23.3 Å². The van der Waals surface area contributed by atoms with Gasteiger partial charge in [-0.3, -0.25) is 5.32 Å². The fourth-order valence-corrected chi connectivity index (χ4v) is 2.62. The average Bonchev–Trinajstić information content (AvgIpc) is 2.62. The molecule has 0 unspecified atom stereocenters. The highest BCUT2D eigenvalue weighted by Crippen LogP contribution is 2.16. The van der Waals surface area contributed by atoms with Crippen molar-refractivity contribution in [1.29, 1.82) is 0 Å². The van der Waals surface area contributed by atoms with E-state index in [1.54, 1.807) is 12.1 Å². The maximum Gasteiger partial charge on any atom is 0.409 e. The van der Waals surface area contributed by atoms with Crippen molar-refractivity contribution >= 4 is 23.5 Å². The van der Waals surface area contributed by atoms with Crippen LogP contribution in [0.15, 0.2) is 48.5 Å². The number of benzene rings is 2. The number of amides is 3. The Hall–Kier alpha value is -3.02. The van der Waals surface area contributed by atoms with Crippen LogP contribution >= 0.6 is 0 Å². The minimum Gasteiger partial charge on any atom is -0.465 e. The summed E-state index contributed by atoms with van der Waals surface area (Å²) < 4.78 is 0. The van der Waals surface area contributed by atoms with Crippen molar-refractivity contribution in [3.63, 3.8) is 0 Å². The molecule has 3 amide bonds. The van der Waals surface area contributed by atoms with Crippen LogP contribution in [0, 0.1) is 0 Å². The maximum atomic E-state index is 12.0. The van der Waals surface area contributed by atoms with Gasteiger partial charge in [-0.05, 0) is 54.7 Å². The molecule has 2 aromatic carbocycles. The topological polar surface area (TPSA) is 90.5 Å². The molecule has 0 aliphatic rings. The van der Waals surface area contributed by atoms with E-state index in [-0.39, 0.29) is 12.1 Å². The fraction of sp³-hybridized carbons (Fsp3) is 0.300. The first kappa shape index (κ1) is 19.3. The van der Waals surface area contributed by atoms with Crippen LogP contribution in [0.1, 0.15) is 37.8 Å². The largest absolute Gasteiger partial charge is 0.465 e. The number of urea groups is 1. The molecule has 0 radical (unpaired) electrons. The zero-order chi connectivity index (χ0) is 18.9. The molecule has 0 bridgehead atoms. The van der Waals surface area contributed by atoms with E-state index in [1.807, 2.05) is 50.2 Å². The molecule has 0 aromatic heterocycles. The minimum atomic E-state index is -1.07. The Bertz CT molecular complexity index is 723. The fourth-order valence-electron chi connectivity index (χ4n) is 2.62. The summed E-state index contributed by atoms with van der Waals surface area (Å²) in [7, 11) is 0. The molecule has 138 valence electrons. The molecule has 26 heavy (non-hydrogen) atoms. The van der Waals surface area contributed by atoms with Gasteiger partial charge in [-0.2, -0.15) is 0 Å². The van der Waals surface area contributed by atoms with E-state index in [4.69, 9.17) is 5.11 Å². The van der Waals surface area contributed by atoms with Crippen LogP contribution in [0.25, 0.3) is 0 Å². The maximum absolute atomic E-state index is 12.0. The van der Waals surface area contributed by atoms with Crippen molar-refractivity contribution in [3.8, 4) is 0 Å². The van der Waals surface area contributed by atoms with E-state index in [0.29, 0.717) is 5.69 Å². The molecule has 0 aliphatic heterocycles. The predicted octanol–water partition coefficient (Wildman–Crippen LogP) is 4.68. The molecule has 0 fully saturated rings. The Labute approximate surface area is 153 Å². The van der Waals surface area contributed by atoms with E-state index < -0.39 is 6.09 Å². The van der Waals surface area contributed by atoms with Gasteiger partial charge in [0.15, 0.2) is 0 Å². The Morgan fingerprint density at radius 2 is 1.31 bits per heavy atom. The molecule has 0 heterocycles. The number of rotatable bonds is 7. The minimum absolute atomic E-state index is 0.187. The molecule has 0 spiro atoms. The highest BCUT2D eigenvalue weighted by atomic mass is 16.4. The monoisotopic (exact) mass is 355 g/mol. The molecule has 6 heteroatoms. The van der Waals surface area contributed by atoms with Crippen molar-refractivity contribution in [1.82, 2.24) is 5.32 Å². The smallest absolute Gasteiger partial charge is 0.409 e. The Balaban J connectivity index is 1.90. The molecular formula is C20H25N3O3. The van der Waals surface area contributed by atoms with Gasteiger partial charge in [0, 0.05) is 17.4 Å². The van der Waals surface area contributed by atoms with Crippen LogP contribution in [0.4, 0.5) is 21.0 Å². The second-order valence-corrected chi connectivity index (χ2v) is 6.11. The molecule has 0 atom stereocenters. The average molecular weight is 355 g/mol. The molecule has 0 saturated heterocycles. The summed E-state index contributed by atoms with van der Waals surface area (Å²) in [5.74, 6) is 0. The highest BCUT2D eigenvalue weighted by molar-refractivity contribution is 5.89. The Morgan fingerprint density at radius 1 is 0.846 bits per heavy atom. The van der Waals surface area contributed by atoms with Crippen molar-refractivity contribution in [2.45, 2.75) is 39.2 Å². The van der Waals surface area contributed by atoms with E-state index in [0.717, 1.165) is 36.1 Å². The number of nitrogens with one attached hydrogen (secondary N) is 3. The van der Waals surface area contributed by atoms with E-state index in [1.165, 1.54) is 0 Å². The second kappa shape index (κ2) is 9.46. The molecule has 4 N–H and O–H groups in total. The van der Waals surface area contributed by atoms with Gasteiger partial charge in [-0.1, -0.05) is 38.1 Å². The standard InChI is InChI=1S/C20H25N3O3/c1-3-16(4-2)21-19(24)22-17-9-5-14(6-10-17)13-15-7-11-18(12-8-15)23-20(25)26/h5-12,16,23H,3-4,13H2,1-2H3,(H,25,26)(H2,21,22,24). The molecule has 0 saturated carbocycles. The van der Waals surface area contributed by atoms with Crippen LogP contribution in [0.3, 0.4) is 0 Å². The number of hydrogen-bond acceptors (Lipinski definition) is 2. The van der Waals surface area contributed by atoms with Gasteiger partial charge in [0.25, 0.3) is 0 Å². The first-order valence-corrected chi connectivity index (χ1v) is 8.75. The third kappa shape index (κ3) is 6.12. The van der Waals surface area contributed by atoms with Crippen molar-refractivity contribution < 1.29 is 14.7 Å². The first-order valence-electron chi connectivity index (χ1n) is 8.75. The number of carbonyl (C=O) groups is 2. The molecule has 2 aromatic rings. The van der Waals surface area contributed by atoms with Crippen molar-refractivity contribution in [2.75, 3.05) is 10.6 Å². The second-order valence-electron chi connectivity index (χ2n) is 6.11. The number of anilines is 2. The van der Waals surface area contributed by atoms with E-state index in [9.17, 15) is 9.59 Å². The van der Waals surface area contributed by atoms with Gasteiger partial charge >= 0.3 is 12.1 Å². The van der Waals surface area contributed by atoms with Crippen LogP contribution in [0.2, 0.25) is 0 Å². The summed E-state index contributed by atoms with van der Waals surface area (Å²) in [6, 6.07) is 14.9. The van der Waals surface area contributed by atoms with Crippen LogP contribution in [-0.2, 0) is 6.42 Å². The number of carbonyl (C=O) groups excluding carboxylic acids is 1. The number of carboxylic acid groups (broad SMARTS) is 1. The molecule has 0 aliphatic carbocycles. The normalized spacial score (nSPS) is 10.4. The third-order valence-corrected chi connectivity index (χ3v) is 4.15. The molecule has 2 rings (SSSR count). The van der Waals surface area contributed by atoms with Gasteiger partial charge in [0.1, 0.15) is 0 Å². The zero-order valence-electron chi connectivity index (χ0n) is 15.1. The Kier molecular flexibility index (Phi) is 7.02. The van der Waals surface area contributed by atoms with Gasteiger partial charge in [0.2, 0.25) is 0 Å². The summed E-state index contributed by atoms with van der Waals surface area (Å²) in [5.41, 5.74) is 3.48. The molecule has 6 nitrogen and oxygen atoms in total. The first-order chi connectivity index (χ1) is 12.5. The SMILES string of the molecule is CCC(CC)NC(=O)Nc1ccc(Cc2ccc(NC(=O)O)cc2)cc1. The lowest BCUT2D eigenvalue weighted by Crippen LogP contribution is -2.37. The zero-order valence-corrected chi connectivity index (χ0v) is 15.1. The van der Waals surface area contributed by atoms with Gasteiger partial charge in [-0.15, -0.1) is 0 Å². The van der Waals surface area contributed by atoms with Crippen molar-refractivity contribution in [3.05, 3.63) is 59.7 Å². The van der Waals surface area contributed by atoms with Gasteiger partial charge in [0.05, 0.1) is 0 Å². The van der Waals surface area contributed by atoms with Crippen LogP contribution in [0.5, 0.6) is 0 Å². The van der Waals surface area contributed by atoms with E-state index >= 15 is 0 Å². The van der Waals surface area contributed by atoms with Gasteiger partial charge < -0.3 is 15.7 Å². The lowest BCUT2D eigenvalue weighted by atomic mass is 10.0. The predicted molar refractivity (Wildman–Crippen MR) is 104 cm³/mol. The van der Waals surface area contributed by atoms with Crippen molar-refractivity contribution in [2.24, 2.45) is 0 Å². The summed E-state index contributed by atoms with van der Waals surface area (Å²) in [6.07, 6.45) is 1.47. The summed E-state index contributed by atoms with van der Waals surface area (Å²) in [6.45, 7) is 4.10. The lowest BCUT2D eigenvalue weighted by Gasteiger charge is -2.15. The third-order valence-electron chi connectivity index (χ3n) is 4.15. The summed E-state index contributed by atoms with van der Waals surface area (Å²) >= 11 is 0. The summed E-state index contributed by atoms with van der Waals surface area (Å²) in [5, 5.41) is 16.8. The quantitative estimate of drug-likeness (QED) is 0.581. The Morgan fingerprint density at radius 3 is 1.73 bits per heavy atom. The number of hydrogen-bond donors (Lipinski definition) is 4. The van der Waals surface area contributed by atoms with Gasteiger partial charge in [-0.25, -0.2) is 9.59 Å².